The Kier molecular flexibility index (Phi) is 5.48. The number of hydrogen-bond acceptors (Lipinski definition) is 5. The second-order valence-electron chi connectivity index (χ2n) is 10.7. The van der Waals surface area contributed by atoms with E-state index in [1.165, 1.54) is 44.6 Å². The van der Waals surface area contributed by atoms with Gasteiger partial charge >= 0.3 is 0 Å². The topological polar surface area (TPSA) is 88.4 Å². The lowest BCUT2D eigenvalue weighted by molar-refractivity contribution is 0.0107. The first-order valence-corrected chi connectivity index (χ1v) is 14.1. The first-order chi connectivity index (χ1) is 16.9. The van der Waals surface area contributed by atoms with E-state index in [4.69, 9.17) is 4.42 Å². The molecule has 3 aromatic rings. The largest absolute Gasteiger partial charge is 0.455 e. The number of sulfone groups is 1. The molecule has 0 aliphatic heterocycles. The molecule has 4 aliphatic rings. The average molecular weight is 491 g/mol. The number of furan rings is 1. The molecule has 1 aromatic heterocycles. The lowest BCUT2D eigenvalue weighted by Gasteiger charge is -2.57. The number of para-hydroxylation sites is 2. The van der Waals surface area contributed by atoms with Crippen molar-refractivity contribution in [3.8, 4) is 0 Å². The van der Waals surface area contributed by atoms with Crippen molar-refractivity contribution < 1.29 is 17.6 Å². The zero-order valence-electron chi connectivity index (χ0n) is 19.6. The summed E-state index contributed by atoms with van der Waals surface area (Å²) >= 11 is 0. The Balaban J connectivity index is 1.16. The van der Waals surface area contributed by atoms with Crippen molar-refractivity contribution >= 4 is 27.1 Å². The van der Waals surface area contributed by atoms with Gasteiger partial charge < -0.3 is 15.1 Å². The highest BCUT2D eigenvalue weighted by Gasteiger charge is 2.51. The summed E-state index contributed by atoms with van der Waals surface area (Å²) in [6.45, 7) is 0. The molecule has 0 saturated heterocycles. The molecule has 0 atom stereocenters. The lowest BCUT2D eigenvalue weighted by atomic mass is 9.53. The fourth-order valence-corrected chi connectivity index (χ4v) is 8.18. The van der Waals surface area contributed by atoms with Crippen molar-refractivity contribution in [2.75, 3.05) is 10.6 Å². The van der Waals surface area contributed by atoms with E-state index in [0.717, 1.165) is 23.4 Å². The predicted molar refractivity (Wildman–Crippen MR) is 135 cm³/mol. The summed E-state index contributed by atoms with van der Waals surface area (Å²) in [6, 6.07) is 19.1. The Bertz CT molecular complexity index is 1310. The Morgan fingerprint density at radius 2 is 1.43 bits per heavy atom. The summed E-state index contributed by atoms with van der Waals surface area (Å²) in [4.78, 5) is 13.2. The molecule has 2 aromatic carbocycles. The van der Waals surface area contributed by atoms with Crippen molar-refractivity contribution in [1.82, 2.24) is 0 Å². The number of carbonyl (C=O) groups is 1. The fraction of sp³-hybridized carbons (Fsp3) is 0.393. The average Bonchev–Trinajstić information content (AvgIpc) is 3.28. The molecule has 7 rings (SSSR count). The number of amides is 1. The molecule has 4 saturated carbocycles. The van der Waals surface area contributed by atoms with Gasteiger partial charge in [-0.15, -0.1) is 0 Å². The molecular weight excluding hydrogens is 460 g/mol. The predicted octanol–water partition coefficient (Wildman–Crippen LogP) is 5.89. The highest BCUT2D eigenvalue weighted by molar-refractivity contribution is 7.90. The summed E-state index contributed by atoms with van der Waals surface area (Å²) in [5, 5.41) is 6.81. The van der Waals surface area contributed by atoms with E-state index in [1.807, 2.05) is 24.3 Å². The lowest BCUT2D eigenvalue weighted by Crippen LogP contribution is -2.54. The number of anilines is 2. The minimum atomic E-state index is -3.55. The third-order valence-electron chi connectivity index (χ3n) is 7.93. The fourth-order valence-electron chi connectivity index (χ4n) is 6.91. The van der Waals surface area contributed by atoms with Crippen molar-refractivity contribution in [3.05, 3.63) is 78.3 Å². The molecular formula is C28H30N2O4S. The van der Waals surface area contributed by atoms with Crippen LogP contribution in [0.3, 0.4) is 0 Å². The molecule has 1 amide bonds. The molecule has 0 unspecified atom stereocenters. The molecule has 4 bridgehead atoms. The number of rotatable bonds is 7. The molecule has 4 aliphatic carbocycles. The number of benzene rings is 2. The van der Waals surface area contributed by atoms with Gasteiger partial charge in [0.1, 0.15) is 11.5 Å². The summed E-state index contributed by atoms with van der Waals surface area (Å²) in [5.74, 6) is 2.10. The van der Waals surface area contributed by atoms with Crippen molar-refractivity contribution in [3.63, 3.8) is 0 Å². The summed E-state index contributed by atoms with van der Waals surface area (Å²) < 4.78 is 30.9. The summed E-state index contributed by atoms with van der Waals surface area (Å²) in [5.41, 5.74) is 1.77. The van der Waals surface area contributed by atoms with Crippen LogP contribution in [-0.2, 0) is 15.6 Å². The van der Waals surface area contributed by atoms with Crippen molar-refractivity contribution in [2.24, 2.45) is 17.8 Å². The van der Waals surface area contributed by atoms with E-state index >= 15 is 0 Å². The minimum absolute atomic E-state index is 0.0906. The van der Waals surface area contributed by atoms with E-state index in [1.54, 1.807) is 36.4 Å². The van der Waals surface area contributed by atoms with Crippen LogP contribution < -0.4 is 10.6 Å². The van der Waals surface area contributed by atoms with E-state index < -0.39 is 15.7 Å². The molecule has 7 heteroatoms. The highest BCUT2D eigenvalue weighted by Crippen LogP contribution is 2.56. The van der Waals surface area contributed by atoms with Gasteiger partial charge in [0.25, 0.3) is 5.91 Å². The molecule has 4 fully saturated rings. The third-order valence-corrected chi connectivity index (χ3v) is 9.59. The number of hydrogen-bond donors (Lipinski definition) is 2. The van der Waals surface area contributed by atoms with Crippen molar-refractivity contribution in [2.45, 2.75) is 54.7 Å². The van der Waals surface area contributed by atoms with Gasteiger partial charge in [-0.3, -0.25) is 4.79 Å². The number of nitrogens with one attached hydrogen (secondary N) is 2. The second-order valence-corrected chi connectivity index (χ2v) is 12.7. The van der Waals surface area contributed by atoms with E-state index in [0.29, 0.717) is 5.69 Å². The monoisotopic (exact) mass is 490 g/mol. The molecule has 182 valence electrons. The molecule has 2 N–H and O–H groups in total. The zero-order chi connectivity index (χ0) is 24.0. The molecule has 35 heavy (non-hydrogen) atoms. The van der Waals surface area contributed by atoms with Gasteiger partial charge in [0.2, 0.25) is 0 Å². The SMILES string of the molecule is O=C(Nc1ccccc1NC12CC3CC(CC(C3)C1)C2)c1ccc(CS(=O)(=O)c2ccccc2)o1. The van der Waals surface area contributed by atoms with Gasteiger partial charge in [-0.1, -0.05) is 30.3 Å². The first kappa shape index (κ1) is 22.4. The van der Waals surface area contributed by atoms with Crippen LogP contribution in [0.1, 0.15) is 54.8 Å². The van der Waals surface area contributed by atoms with Crippen LogP contribution in [0.4, 0.5) is 11.4 Å². The van der Waals surface area contributed by atoms with Crippen LogP contribution in [0.25, 0.3) is 0 Å². The van der Waals surface area contributed by atoms with Crippen LogP contribution in [0, 0.1) is 17.8 Å². The summed E-state index contributed by atoms with van der Waals surface area (Å²) in [6.07, 6.45) is 7.75. The van der Waals surface area contributed by atoms with Crippen LogP contribution in [0.2, 0.25) is 0 Å². The molecule has 6 nitrogen and oxygen atoms in total. The zero-order valence-corrected chi connectivity index (χ0v) is 20.4. The van der Waals surface area contributed by atoms with Crippen molar-refractivity contribution in [1.29, 1.82) is 0 Å². The Morgan fingerprint density at radius 3 is 2.09 bits per heavy atom. The maximum Gasteiger partial charge on any atom is 0.291 e. The van der Waals surface area contributed by atoms with Gasteiger partial charge in [-0.05, 0) is 92.7 Å². The standard InChI is InChI=1S/C28H30N2O4S/c31-27(26-11-10-22(34-26)18-35(32,33)23-6-2-1-3-7-23)29-24-8-4-5-9-25(24)30-28-15-19-12-20(16-28)14-21(13-19)17-28/h1-11,19-21,30H,12-18H2,(H,29,31). The van der Waals surface area contributed by atoms with Gasteiger partial charge in [-0.2, -0.15) is 0 Å². The first-order valence-electron chi connectivity index (χ1n) is 12.4. The third kappa shape index (κ3) is 4.49. The molecule has 1 heterocycles. The summed E-state index contributed by atoms with van der Waals surface area (Å²) in [7, 11) is -3.55. The van der Waals surface area contributed by atoms with Crippen LogP contribution in [0.5, 0.6) is 0 Å². The van der Waals surface area contributed by atoms with Crippen LogP contribution in [-0.4, -0.2) is 19.9 Å². The maximum absolute atomic E-state index is 13.0. The van der Waals surface area contributed by atoms with Gasteiger partial charge in [0.05, 0.1) is 16.3 Å². The van der Waals surface area contributed by atoms with E-state index in [2.05, 4.69) is 10.6 Å². The van der Waals surface area contributed by atoms with Gasteiger partial charge in [0.15, 0.2) is 15.6 Å². The normalized spacial score (nSPS) is 27.0. The van der Waals surface area contributed by atoms with E-state index in [-0.39, 0.29) is 27.7 Å². The quantitative estimate of drug-likeness (QED) is 0.431. The molecule has 0 radical (unpaired) electrons. The Morgan fingerprint density at radius 1 is 0.829 bits per heavy atom. The van der Waals surface area contributed by atoms with Crippen LogP contribution in [0.15, 0.2) is 76.0 Å². The maximum atomic E-state index is 13.0. The van der Waals surface area contributed by atoms with E-state index in [9.17, 15) is 13.2 Å². The Hall–Kier alpha value is -3.06. The van der Waals surface area contributed by atoms with Crippen LogP contribution >= 0.6 is 0 Å². The second kappa shape index (κ2) is 8.55. The Labute approximate surface area is 206 Å². The highest BCUT2D eigenvalue weighted by atomic mass is 32.2. The minimum Gasteiger partial charge on any atom is -0.455 e. The number of carbonyl (C=O) groups excluding carboxylic acids is 1. The molecule has 0 spiro atoms. The van der Waals surface area contributed by atoms with Gasteiger partial charge in [0, 0.05) is 5.54 Å². The smallest absolute Gasteiger partial charge is 0.291 e. The van der Waals surface area contributed by atoms with Gasteiger partial charge in [-0.25, -0.2) is 8.42 Å².